The molecule has 14 heteroatoms. The average Bonchev–Trinajstić information content (AvgIpc) is 3.78. The fraction of sp³-hybridized carbons (Fsp3) is 0.484. The van der Waals surface area contributed by atoms with Gasteiger partial charge in [-0.1, -0.05) is 44.2 Å². The Bertz CT molecular complexity index is 1480. The molecule has 0 spiro atoms. The van der Waals surface area contributed by atoms with E-state index in [0.717, 1.165) is 12.0 Å². The molecule has 1 saturated heterocycles. The van der Waals surface area contributed by atoms with Crippen LogP contribution in [0, 0.1) is 5.92 Å². The van der Waals surface area contributed by atoms with Crippen LogP contribution in [0.25, 0.3) is 0 Å². The van der Waals surface area contributed by atoms with Crippen LogP contribution in [0.3, 0.4) is 0 Å². The van der Waals surface area contributed by atoms with Crippen molar-refractivity contribution >= 4 is 58.7 Å². The SMILES string of the molecule is CC(C)[C@@H]1NC(=O)c2csc(n2)[C@H](Cc2ccccc2)NC(=O)CN(C(=O)[C@@H]2CC[C@H](C)N2)CCCNC(=O)c2csc1n2.Cl. The number of hydrogen-bond acceptors (Lipinski definition) is 9. The zero-order valence-corrected chi connectivity index (χ0v) is 28.0. The molecule has 1 fully saturated rings. The number of amides is 4. The summed E-state index contributed by atoms with van der Waals surface area (Å²) in [5.41, 5.74) is 1.53. The van der Waals surface area contributed by atoms with E-state index in [0.29, 0.717) is 42.4 Å². The van der Waals surface area contributed by atoms with Crippen LogP contribution in [-0.2, 0) is 16.0 Å². The quantitative estimate of drug-likeness (QED) is 0.331. The molecule has 0 aliphatic carbocycles. The lowest BCUT2D eigenvalue weighted by Gasteiger charge is -2.27. The highest BCUT2D eigenvalue weighted by molar-refractivity contribution is 7.10. The summed E-state index contributed by atoms with van der Waals surface area (Å²) in [7, 11) is 0. The highest BCUT2D eigenvalue weighted by atomic mass is 35.5. The number of fused-ring (bicyclic) bond motifs is 4. The number of benzene rings is 1. The number of halogens is 1. The maximum atomic E-state index is 13.5. The molecule has 45 heavy (non-hydrogen) atoms. The molecule has 1 aromatic carbocycles. The molecular weight excluding hydrogens is 634 g/mol. The van der Waals surface area contributed by atoms with Crippen LogP contribution < -0.4 is 21.3 Å². The number of nitrogens with zero attached hydrogens (tertiary/aromatic N) is 3. The fourth-order valence-corrected chi connectivity index (χ4v) is 7.32. The van der Waals surface area contributed by atoms with Gasteiger partial charge in [-0.25, -0.2) is 9.97 Å². The second-order valence-corrected chi connectivity index (χ2v) is 13.5. The van der Waals surface area contributed by atoms with Crippen molar-refractivity contribution in [1.82, 2.24) is 36.1 Å². The standard InChI is InChI=1S/C31H39N7O4S2.ClH/c1-18(2)26-30-36-23(16-44-30)27(40)32-12-7-13-38(31(42)21-11-10-19(3)33-21)15-25(39)34-22(14-20-8-5-4-6-9-20)29-35-24(17-43-29)28(41)37-26;/h4-6,8-9,16-19,21-22,26,33H,7,10-15H2,1-3H3,(H,32,40)(H,34,39)(H,37,41);1H/t19-,21-,22-,26-;/m0./s1. The van der Waals surface area contributed by atoms with Crippen molar-refractivity contribution < 1.29 is 19.2 Å². The van der Waals surface area contributed by atoms with Crippen molar-refractivity contribution in [2.24, 2.45) is 5.92 Å². The highest BCUT2D eigenvalue weighted by Crippen LogP contribution is 2.27. The van der Waals surface area contributed by atoms with Crippen LogP contribution in [0.5, 0.6) is 0 Å². The van der Waals surface area contributed by atoms with Gasteiger partial charge in [0.15, 0.2) is 0 Å². The first kappa shape index (κ1) is 34.5. The van der Waals surface area contributed by atoms with E-state index in [4.69, 9.17) is 0 Å². The van der Waals surface area contributed by atoms with E-state index in [-0.39, 0.29) is 72.0 Å². The molecular formula is C31H40ClN7O4S2. The Morgan fingerprint density at radius 3 is 2.36 bits per heavy atom. The fourth-order valence-electron chi connectivity index (χ4n) is 5.45. The normalized spacial score (nSPS) is 23.2. The van der Waals surface area contributed by atoms with Crippen molar-refractivity contribution in [3.63, 3.8) is 0 Å². The topological polar surface area (TPSA) is 145 Å². The number of thiazole rings is 2. The Balaban J connectivity index is 0.00000461. The summed E-state index contributed by atoms with van der Waals surface area (Å²) in [6.07, 6.45) is 2.54. The zero-order chi connectivity index (χ0) is 31.2. The molecule has 4 heterocycles. The molecule has 0 radical (unpaired) electrons. The van der Waals surface area contributed by atoms with Gasteiger partial charge in [0.25, 0.3) is 11.8 Å². The largest absolute Gasteiger partial charge is 0.351 e. The van der Waals surface area contributed by atoms with Gasteiger partial charge in [0.1, 0.15) is 21.4 Å². The molecule has 2 aliphatic rings. The predicted octanol–water partition coefficient (Wildman–Crippen LogP) is 3.65. The van der Waals surface area contributed by atoms with E-state index in [2.05, 4.69) is 31.2 Å². The van der Waals surface area contributed by atoms with E-state index in [1.54, 1.807) is 15.7 Å². The Hall–Kier alpha value is -3.39. The Morgan fingerprint density at radius 1 is 0.978 bits per heavy atom. The van der Waals surface area contributed by atoms with Gasteiger partial charge in [-0.15, -0.1) is 35.1 Å². The van der Waals surface area contributed by atoms with Crippen LogP contribution in [0.15, 0.2) is 41.1 Å². The molecule has 4 bridgehead atoms. The number of carbonyl (C=O) groups excluding carboxylic acids is 4. The first-order valence-corrected chi connectivity index (χ1v) is 16.8. The van der Waals surface area contributed by atoms with Crippen LogP contribution in [0.1, 0.15) is 88.7 Å². The molecule has 0 unspecified atom stereocenters. The molecule has 11 nitrogen and oxygen atoms in total. The van der Waals surface area contributed by atoms with Gasteiger partial charge in [-0.05, 0) is 44.1 Å². The third-order valence-electron chi connectivity index (χ3n) is 7.85. The van der Waals surface area contributed by atoms with Crippen molar-refractivity contribution in [3.05, 3.63) is 68.1 Å². The van der Waals surface area contributed by atoms with Crippen LogP contribution >= 0.6 is 35.1 Å². The summed E-state index contributed by atoms with van der Waals surface area (Å²) in [6.45, 7) is 6.49. The average molecular weight is 674 g/mol. The first-order chi connectivity index (χ1) is 21.2. The molecule has 2 aromatic heterocycles. The minimum absolute atomic E-state index is 0. The van der Waals surface area contributed by atoms with E-state index in [9.17, 15) is 19.2 Å². The van der Waals surface area contributed by atoms with E-state index >= 15 is 0 Å². The minimum atomic E-state index is -0.498. The summed E-state index contributed by atoms with van der Waals surface area (Å²) in [5.74, 6) is -1.11. The molecule has 4 atom stereocenters. The predicted molar refractivity (Wildman–Crippen MR) is 177 cm³/mol. The second-order valence-electron chi connectivity index (χ2n) is 11.7. The molecule has 4 N–H and O–H groups in total. The summed E-state index contributed by atoms with van der Waals surface area (Å²) >= 11 is 2.63. The van der Waals surface area contributed by atoms with Crippen LogP contribution in [-0.4, -0.2) is 70.2 Å². The van der Waals surface area contributed by atoms with Crippen molar-refractivity contribution in [2.45, 2.75) is 70.6 Å². The lowest BCUT2D eigenvalue weighted by Crippen LogP contribution is -2.49. The van der Waals surface area contributed by atoms with Gasteiger partial charge in [0.05, 0.1) is 24.7 Å². The van der Waals surface area contributed by atoms with Gasteiger partial charge in [0, 0.05) is 29.9 Å². The van der Waals surface area contributed by atoms with Crippen molar-refractivity contribution in [3.8, 4) is 0 Å². The molecule has 5 rings (SSSR count). The Labute approximate surface area is 277 Å². The van der Waals surface area contributed by atoms with Gasteiger partial charge < -0.3 is 26.2 Å². The zero-order valence-electron chi connectivity index (χ0n) is 25.6. The Morgan fingerprint density at radius 2 is 1.67 bits per heavy atom. The maximum Gasteiger partial charge on any atom is 0.271 e. The summed E-state index contributed by atoms with van der Waals surface area (Å²) in [6, 6.07) is 8.74. The number of rotatable bonds is 4. The number of nitrogens with one attached hydrogen (secondary N) is 4. The second kappa shape index (κ2) is 15.7. The Kier molecular flexibility index (Phi) is 12.1. The lowest BCUT2D eigenvalue weighted by atomic mass is 10.0. The molecule has 242 valence electrons. The van der Waals surface area contributed by atoms with Crippen molar-refractivity contribution in [2.75, 3.05) is 19.6 Å². The van der Waals surface area contributed by atoms with Gasteiger partial charge in [0.2, 0.25) is 11.8 Å². The summed E-state index contributed by atoms with van der Waals surface area (Å²) < 4.78 is 0. The van der Waals surface area contributed by atoms with Crippen molar-refractivity contribution in [1.29, 1.82) is 0 Å². The number of aromatic nitrogens is 2. The summed E-state index contributed by atoms with van der Waals surface area (Å²) in [5, 5.41) is 16.9. The van der Waals surface area contributed by atoms with Crippen LogP contribution in [0.4, 0.5) is 0 Å². The van der Waals surface area contributed by atoms with Gasteiger partial charge >= 0.3 is 0 Å². The van der Waals surface area contributed by atoms with Gasteiger partial charge in [-0.3, -0.25) is 19.2 Å². The minimum Gasteiger partial charge on any atom is -0.351 e. The summed E-state index contributed by atoms with van der Waals surface area (Å²) in [4.78, 5) is 64.1. The van der Waals surface area contributed by atoms with E-state index < -0.39 is 12.1 Å². The van der Waals surface area contributed by atoms with E-state index in [1.807, 2.05) is 51.1 Å². The third kappa shape index (κ3) is 8.87. The number of carbonyl (C=O) groups is 4. The third-order valence-corrected chi connectivity index (χ3v) is 9.74. The molecule has 2 aliphatic heterocycles. The number of hydrogen-bond donors (Lipinski definition) is 4. The molecule has 3 aromatic rings. The molecule has 4 amide bonds. The highest BCUT2D eigenvalue weighted by Gasteiger charge is 2.32. The smallest absolute Gasteiger partial charge is 0.271 e. The first-order valence-electron chi connectivity index (χ1n) is 15.1. The van der Waals surface area contributed by atoms with E-state index in [1.165, 1.54) is 22.7 Å². The maximum absolute atomic E-state index is 13.5. The lowest BCUT2D eigenvalue weighted by molar-refractivity contribution is -0.137. The van der Waals surface area contributed by atoms with Gasteiger partial charge in [-0.2, -0.15) is 0 Å². The molecule has 0 saturated carbocycles. The monoisotopic (exact) mass is 673 g/mol. The van der Waals surface area contributed by atoms with Crippen LogP contribution in [0.2, 0.25) is 0 Å².